The molecule has 1 atom stereocenters. The van der Waals surface area contributed by atoms with Crippen LogP contribution in [0.5, 0.6) is 5.75 Å². The highest BCUT2D eigenvalue weighted by atomic mass is 35.5. The molecule has 3 rings (SSSR count). The van der Waals surface area contributed by atoms with Crippen molar-refractivity contribution in [1.82, 2.24) is 15.5 Å². The average molecular weight is 432 g/mol. The third-order valence-corrected chi connectivity index (χ3v) is 5.25. The van der Waals surface area contributed by atoms with Crippen molar-refractivity contribution in [1.29, 1.82) is 0 Å². The minimum atomic E-state index is -0.670. The Labute approximate surface area is 181 Å². The minimum absolute atomic E-state index is 0.0861. The van der Waals surface area contributed by atoms with Crippen LogP contribution in [-0.2, 0) is 20.9 Å². The molecule has 2 aromatic carbocycles. The van der Waals surface area contributed by atoms with Crippen molar-refractivity contribution in [3.8, 4) is 5.75 Å². The van der Waals surface area contributed by atoms with Crippen molar-refractivity contribution in [3.63, 3.8) is 0 Å². The Bertz CT molecular complexity index is 854. The highest BCUT2D eigenvalue weighted by molar-refractivity contribution is 6.35. The Hall–Kier alpha value is -2.61. The highest BCUT2D eigenvalue weighted by Crippen LogP contribution is 2.24. The van der Waals surface area contributed by atoms with Crippen molar-refractivity contribution < 1.29 is 19.1 Å². The second-order valence-corrected chi connectivity index (χ2v) is 7.40. The molecule has 0 unspecified atom stereocenters. The number of ether oxygens (including phenoxy) is 2. The number of nitrogens with zero attached hydrogens (tertiary/aromatic N) is 1. The van der Waals surface area contributed by atoms with Crippen LogP contribution in [0.25, 0.3) is 0 Å². The molecule has 1 fully saturated rings. The van der Waals surface area contributed by atoms with Gasteiger partial charge >= 0.3 is 11.8 Å². The first-order valence-corrected chi connectivity index (χ1v) is 10.2. The maximum Gasteiger partial charge on any atom is 0.309 e. The first-order chi connectivity index (χ1) is 14.6. The first-order valence-electron chi connectivity index (χ1n) is 9.83. The summed E-state index contributed by atoms with van der Waals surface area (Å²) in [5, 5.41) is 6.02. The first kappa shape index (κ1) is 22.1. The van der Waals surface area contributed by atoms with Crippen molar-refractivity contribution in [2.24, 2.45) is 0 Å². The van der Waals surface area contributed by atoms with Gasteiger partial charge in [0, 0.05) is 31.2 Å². The second-order valence-electron chi connectivity index (χ2n) is 6.96. The van der Waals surface area contributed by atoms with E-state index in [2.05, 4.69) is 15.5 Å². The van der Waals surface area contributed by atoms with Gasteiger partial charge in [-0.1, -0.05) is 35.9 Å². The van der Waals surface area contributed by atoms with E-state index in [-0.39, 0.29) is 12.6 Å². The smallest absolute Gasteiger partial charge is 0.309 e. The quantitative estimate of drug-likeness (QED) is 0.657. The summed E-state index contributed by atoms with van der Waals surface area (Å²) in [5.74, 6) is -0.584. The zero-order chi connectivity index (χ0) is 21.3. The molecule has 1 heterocycles. The van der Waals surface area contributed by atoms with Crippen LogP contribution in [-0.4, -0.2) is 56.7 Å². The van der Waals surface area contributed by atoms with Crippen LogP contribution in [0.15, 0.2) is 48.5 Å². The summed E-state index contributed by atoms with van der Waals surface area (Å²) in [6.45, 7) is 3.33. The third-order valence-electron chi connectivity index (χ3n) is 4.99. The van der Waals surface area contributed by atoms with Gasteiger partial charge in [0.05, 0.1) is 26.4 Å². The van der Waals surface area contributed by atoms with E-state index in [4.69, 9.17) is 21.1 Å². The molecule has 2 amide bonds. The Kier molecular flexibility index (Phi) is 8.07. The number of hydrogen-bond donors (Lipinski definition) is 2. The predicted octanol–water partition coefficient (Wildman–Crippen LogP) is 2.15. The largest absolute Gasteiger partial charge is 0.497 e. The van der Waals surface area contributed by atoms with Crippen LogP contribution < -0.4 is 15.4 Å². The van der Waals surface area contributed by atoms with Gasteiger partial charge < -0.3 is 20.1 Å². The number of morpholine rings is 1. The molecule has 1 aliphatic rings. The van der Waals surface area contributed by atoms with Gasteiger partial charge in [-0.05, 0) is 35.4 Å². The van der Waals surface area contributed by atoms with E-state index in [1.165, 1.54) is 0 Å². The average Bonchev–Trinajstić information content (AvgIpc) is 2.79. The molecule has 8 heteroatoms. The van der Waals surface area contributed by atoms with E-state index in [1.807, 2.05) is 24.3 Å². The zero-order valence-corrected chi connectivity index (χ0v) is 17.7. The lowest BCUT2D eigenvalue weighted by Crippen LogP contribution is -2.46. The normalized spacial score (nSPS) is 15.3. The summed E-state index contributed by atoms with van der Waals surface area (Å²) >= 11 is 5.86. The number of methoxy groups -OCH3 is 1. The number of benzene rings is 2. The summed E-state index contributed by atoms with van der Waals surface area (Å²) in [5.41, 5.74) is 1.88. The SMILES string of the molecule is COc1cccc([C@H](CNC(=O)C(=O)NCc2ccc(Cl)cc2)N2CCOCC2)c1. The molecule has 0 aliphatic carbocycles. The zero-order valence-electron chi connectivity index (χ0n) is 16.9. The molecule has 160 valence electrons. The lowest BCUT2D eigenvalue weighted by Gasteiger charge is -2.35. The van der Waals surface area contributed by atoms with E-state index in [0.717, 1.165) is 30.0 Å². The molecule has 1 saturated heterocycles. The van der Waals surface area contributed by atoms with E-state index >= 15 is 0 Å². The van der Waals surface area contributed by atoms with Crippen LogP contribution in [0.1, 0.15) is 17.2 Å². The summed E-state index contributed by atoms with van der Waals surface area (Å²) in [7, 11) is 1.62. The summed E-state index contributed by atoms with van der Waals surface area (Å²) in [6, 6.07) is 14.7. The number of carbonyl (C=O) groups is 2. The van der Waals surface area contributed by atoms with Crippen LogP contribution in [0, 0.1) is 0 Å². The molecule has 7 nitrogen and oxygen atoms in total. The Balaban J connectivity index is 1.60. The fourth-order valence-corrected chi connectivity index (χ4v) is 3.46. The highest BCUT2D eigenvalue weighted by Gasteiger charge is 2.24. The monoisotopic (exact) mass is 431 g/mol. The number of carbonyl (C=O) groups excluding carboxylic acids is 2. The number of amides is 2. The Morgan fingerprint density at radius 3 is 2.50 bits per heavy atom. The summed E-state index contributed by atoms with van der Waals surface area (Å²) < 4.78 is 10.8. The van der Waals surface area contributed by atoms with Crippen LogP contribution in [0.2, 0.25) is 5.02 Å². The minimum Gasteiger partial charge on any atom is -0.497 e. The van der Waals surface area contributed by atoms with Gasteiger partial charge in [-0.2, -0.15) is 0 Å². The Morgan fingerprint density at radius 1 is 1.10 bits per heavy atom. The van der Waals surface area contributed by atoms with Crippen LogP contribution >= 0.6 is 11.6 Å². The Morgan fingerprint density at radius 2 is 1.80 bits per heavy atom. The van der Waals surface area contributed by atoms with E-state index in [9.17, 15) is 9.59 Å². The maximum absolute atomic E-state index is 12.3. The van der Waals surface area contributed by atoms with Gasteiger partial charge in [-0.25, -0.2) is 0 Å². The van der Waals surface area contributed by atoms with E-state index in [0.29, 0.717) is 24.8 Å². The predicted molar refractivity (Wildman–Crippen MR) is 114 cm³/mol. The standard InChI is InChI=1S/C22H26ClN3O4/c1-29-19-4-2-3-17(13-19)20(26-9-11-30-12-10-26)15-25-22(28)21(27)24-14-16-5-7-18(23)8-6-16/h2-8,13,20H,9-12,14-15H2,1H3,(H,24,27)(H,25,28)/t20-/m0/s1. The number of halogens is 1. The number of hydrogen-bond acceptors (Lipinski definition) is 5. The van der Waals surface area contributed by atoms with Crippen LogP contribution in [0.4, 0.5) is 0 Å². The van der Waals surface area contributed by atoms with Gasteiger partial charge in [0.2, 0.25) is 0 Å². The molecule has 1 aliphatic heterocycles. The molecule has 30 heavy (non-hydrogen) atoms. The van der Waals surface area contributed by atoms with Gasteiger partial charge in [-0.3, -0.25) is 14.5 Å². The van der Waals surface area contributed by atoms with Crippen molar-refractivity contribution in [2.45, 2.75) is 12.6 Å². The fourth-order valence-electron chi connectivity index (χ4n) is 3.33. The lowest BCUT2D eigenvalue weighted by atomic mass is 10.0. The molecular formula is C22H26ClN3O4. The van der Waals surface area contributed by atoms with Crippen molar-refractivity contribution in [2.75, 3.05) is 40.0 Å². The van der Waals surface area contributed by atoms with Crippen molar-refractivity contribution >= 4 is 23.4 Å². The maximum atomic E-state index is 12.3. The van der Waals surface area contributed by atoms with Crippen LogP contribution in [0.3, 0.4) is 0 Å². The fraction of sp³-hybridized carbons (Fsp3) is 0.364. The molecule has 0 spiro atoms. The molecule has 0 bridgehead atoms. The summed E-state index contributed by atoms with van der Waals surface area (Å²) in [4.78, 5) is 26.8. The number of rotatable bonds is 7. The molecule has 0 aromatic heterocycles. The van der Waals surface area contributed by atoms with Gasteiger partial charge in [0.1, 0.15) is 5.75 Å². The molecule has 0 radical (unpaired) electrons. The molecule has 2 N–H and O–H groups in total. The van der Waals surface area contributed by atoms with E-state index < -0.39 is 11.8 Å². The topological polar surface area (TPSA) is 79.9 Å². The number of nitrogens with one attached hydrogen (secondary N) is 2. The molecule has 0 saturated carbocycles. The third kappa shape index (κ3) is 6.19. The second kappa shape index (κ2) is 11.0. The molecular weight excluding hydrogens is 406 g/mol. The van der Waals surface area contributed by atoms with Crippen molar-refractivity contribution in [3.05, 3.63) is 64.7 Å². The van der Waals surface area contributed by atoms with Gasteiger partial charge in [-0.15, -0.1) is 0 Å². The lowest BCUT2D eigenvalue weighted by molar-refractivity contribution is -0.139. The van der Waals surface area contributed by atoms with E-state index in [1.54, 1.807) is 31.4 Å². The molecule has 2 aromatic rings. The summed E-state index contributed by atoms with van der Waals surface area (Å²) in [6.07, 6.45) is 0. The van der Waals surface area contributed by atoms with Gasteiger partial charge in [0.25, 0.3) is 0 Å². The van der Waals surface area contributed by atoms with Gasteiger partial charge in [0.15, 0.2) is 0 Å².